The minimum atomic E-state index is -3.19. The molecule has 1 aliphatic carbocycles. The average molecular weight is 804 g/mol. The second-order valence-electron chi connectivity index (χ2n) is 14.2. The predicted octanol–water partition coefficient (Wildman–Crippen LogP) is 2.03. The van der Waals surface area contributed by atoms with E-state index in [0.29, 0.717) is 0 Å². The molecule has 0 spiro atoms. The van der Waals surface area contributed by atoms with Crippen LogP contribution in [-0.4, -0.2) is 8.07 Å². The van der Waals surface area contributed by atoms with E-state index in [2.05, 4.69) is 214 Å². The van der Waals surface area contributed by atoms with Gasteiger partial charge in [-0.05, 0) is 0 Å². The quantitative estimate of drug-likeness (QED) is 0.172. The molecule has 0 amide bonds. The van der Waals surface area contributed by atoms with Gasteiger partial charge in [0, 0.05) is 0 Å². The van der Waals surface area contributed by atoms with E-state index in [1.807, 2.05) is 0 Å². The van der Waals surface area contributed by atoms with Gasteiger partial charge in [0.2, 0.25) is 0 Å². The van der Waals surface area contributed by atoms with Crippen LogP contribution < -0.4 is 52.8 Å². The third kappa shape index (κ3) is 7.02. The van der Waals surface area contributed by atoms with Gasteiger partial charge in [-0.2, -0.15) is 0 Å². The molecule has 0 saturated heterocycles. The van der Waals surface area contributed by atoms with E-state index >= 15 is 0 Å². The first-order chi connectivity index (χ1) is 24.1. The summed E-state index contributed by atoms with van der Waals surface area (Å²) < 4.78 is -0.280. The largest absolute Gasteiger partial charge is 1.00 e. The fourth-order valence-electron chi connectivity index (χ4n) is 8.53. The Morgan fingerprint density at radius 3 is 0.906 bits per heavy atom. The maximum Gasteiger partial charge on any atom is -1.00 e. The van der Waals surface area contributed by atoms with Crippen LogP contribution in [0.25, 0.3) is 33.4 Å². The Labute approximate surface area is 348 Å². The third-order valence-electron chi connectivity index (χ3n) is 11.4. The first-order valence-electron chi connectivity index (χ1n) is 17.7. The Bertz CT molecular complexity index is 2060. The van der Waals surface area contributed by atoms with Crippen LogP contribution in [0.3, 0.4) is 0 Å². The van der Waals surface area contributed by atoms with E-state index in [1.165, 1.54) is 87.9 Å². The van der Waals surface area contributed by atoms with Crippen molar-refractivity contribution in [1.29, 1.82) is 0 Å². The summed E-state index contributed by atoms with van der Waals surface area (Å²) >= 11 is 2.60. The molecule has 0 fully saturated rings. The van der Waals surface area contributed by atoms with Gasteiger partial charge < -0.3 is 37.2 Å². The monoisotopic (exact) mass is 802 g/mol. The first kappa shape index (κ1) is 42.3. The Balaban J connectivity index is 0.00000209. The standard InChI is InChI=1S/C48H45Si.3ClH.Ti/c1-32-23-26-45(42(29-32)39-17-11-8-12-18-39)49(48-37(6)35(4)36(5)38(48)7,46-27-24-33(2)30-43(46)40-19-13-9-14-20-40)47-28-25-34(3)31-44(47)41-21-15-10-16-22-41;;;;/h8-31H,1-7H3;3*1H;/q;;;;+3/p-3. The SMILES string of the molecule is CC1=C(C)[C]([Ti+3])([Si](c2ccc(C)cc2-c2ccccc2)(c2ccc(C)cc2-c2ccccc2)c2ccc(C)cc2-c2ccccc2)C(C)=C1C.[Cl-].[Cl-].[Cl-]. The zero-order chi connectivity index (χ0) is 35.2. The van der Waals surface area contributed by atoms with Gasteiger partial charge in [0.05, 0.1) is 0 Å². The Hall–Kier alpha value is -3.40. The van der Waals surface area contributed by atoms with Crippen molar-refractivity contribution in [2.24, 2.45) is 0 Å². The summed E-state index contributed by atoms with van der Waals surface area (Å²) in [6.45, 7) is 16.3. The molecule has 7 rings (SSSR count). The van der Waals surface area contributed by atoms with Crippen molar-refractivity contribution in [1.82, 2.24) is 0 Å². The van der Waals surface area contributed by atoms with Crippen molar-refractivity contribution in [3.05, 3.63) is 185 Å². The molecule has 0 N–H and O–H groups in total. The van der Waals surface area contributed by atoms with Crippen molar-refractivity contribution in [3.63, 3.8) is 0 Å². The maximum atomic E-state index is 2.60. The van der Waals surface area contributed by atoms with E-state index in [9.17, 15) is 0 Å². The molecule has 0 radical (unpaired) electrons. The molecule has 266 valence electrons. The minimum Gasteiger partial charge on any atom is -1.00 e. The van der Waals surface area contributed by atoms with Crippen LogP contribution in [0.2, 0.25) is 3.34 Å². The van der Waals surface area contributed by atoms with Crippen LogP contribution in [0, 0.1) is 20.8 Å². The van der Waals surface area contributed by atoms with Crippen molar-refractivity contribution in [2.45, 2.75) is 51.8 Å². The number of allylic oxidation sites excluding steroid dienone is 4. The zero-order valence-electron chi connectivity index (χ0n) is 31.5. The Morgan fingerprint density at radius 2 is 0.642 bits per heavy atom. The summed E-state index contributed by atoms with van der Waals surface area (Å²) in [5.41, 5.74) is 17.5. The smallest absolute Gasteiger partial charge is 1.00 e. The number of aryl methyl sites for hydroxylation is 3. The molecule has 0 heterocycles. The van der Waals surface area contributed by atoms with Crippen LogP contribution in [0.1, 0.15) is 44.4 Å². The second-order valence-corrected chi connectivity index (χ2v) is 20.1. The van der Waals surface area contributed by atoms with E-state index < -0.39 is 8.07 Å². The number of rotatable bonds is 7. The summed E-state index contributed by atoms with van der Waals surface area (Å²) in [5, 5.41) is 4.38. The van der Waals surface area contributed by atoms with Gasteiger partial charge in [-0.1, -0.05) is 0 Å². The van der Waals surface area contributed by atoms with E-state index in [-0.39, 0.29) is 40.6 Å². The molecular formula is C48H45Cl3SiTi. The molecule has 6 aromatic carbocycles. The van der Waals surface area contributed by atoms with Crippen molar-refractivity contribution in [3.8, 4) is 33.4 Å². The summed E-state index contributed by atoms with van der Waals surface area (Å²) in [7, 11) is -3.19. The zero-order valence-corrected chi connectivity index (χ0v) is 36.3. The van der Waals surface area contributed by atoms with E-state index in [1.54, 1.807) is 0 Å². The molecule has 53 heavy (non-hydrogen) atoms. The van der Waals surface area contributed by atoms with Crippen LogP contribution >= 0.6 is 0 Å². The van der Waals surface area contributed by atoms with E-state index in [0.717, 1.165) is 0 Å². The van der Waals surface area contributed by atoms with Gasteiger partial charge in [0.15, 0.2) is 0 Å². The summed E-state index contributed by atoms with van der Waals surface area (Å²) in [6.07, 6.45) is 0. The molecule has 0 saturated carbocycles. The topological polar surface area (TPSA) is 0 Å². The Morgan fingerprint density at radius 1 is 0.377 bits per heavy atom. The molecule has 0 nitrogen and oxygen atoms in total. The van der Waals surface area contributed by atoms with Crippen molar-refractivity contribution >= 4 is 23.6 Å². The number of hydrogen-bond donors (Lipinski definition) is 0. The van der Waals surface area contributed by atoms with Crippen molar-refractivity contribution < 1.29 is 57.7 Å². The number of hydrogen-bond acceptors (Lipinski definition) is 0. The number of benzene rings is 6. The fourth-order valence-corrected chi connectivity index (χ4v) is 17.5. The molecule has 0 bridgehead atoms. The summed E-state index contributed by atoms with van der Waals surface area (Å²) in [6, 6.07) is 55.4. The molecule has 0 atom stereocenters. The van der Waals surface area contributed by atoms with E-state index in [4.69, 9.17) is 0 Å². The second kappa shape index (κ2) is 17.0. The van der Waals surface area contributed by atoms with Crippen LogP contribution in [0.15, 0.2) is 168 Å². The van der Waals surface area contributed by atoms with Gasteiger partial charge in [-0.3, -0.25) is 0 Å². The van der Waals surface area contributed by atoms with Gasteiger partial charge in [-0.25, -0.2) is 0 Å². The molecular weight excluding hydrogens is 759 g/mol. The normalized spacial score (nSPS) is 13.6. The molecule has 0 aromatic heterocycles. The minimum absolute atomic E-state index is 0. The third-order valence-corrected chi connectivity index (χ3v) is 19.9. The van der Waals surface area contributed by atoms with Crippen LogP contribution in [0.4, 0.5) is 0 Å². The fraction of sp³-hybridized carbons (Fsp3) is 0.167. The molecule has 5 heteroatoms. The van der Waals surface area contributed by atoms with Gasteiger partial charge in [-0.15, -0.1) is 0 Å². The van der Waals surface area contributed by atoms with Crippen molar-refractivity contribution in [2.75, 3.05) is 0 Å². The summed E-state index contributed by atoms with van der Waals surface area (Å²) in [5.74, 6) is 0. The molecule has 1 aliphatic rings. The molecule has 0 aliphatic heterocycles. The van der Waals surface area contributed by atoms with Crippen LogP contribution in [0.5, 0.6) is 0 Å². The van der Waals surface area contributed by atoms with Crippen LogP contribution in [-0.2, 0) is 20.4 Å². The first-order valence-corrected chi connectivity index (χ1v) is 20.5. The predicted molar refractivity (Wildman–Crippen MR) is 214 cm³/mol. The molecule has 6 aromatic rings. The Kier molecular flexibility index (Phi) is 13.5. The van der Waals surface area contributed by atoms with Gasteiger partial charge in [0.1, 0.15) is 0 Å². The molecule has 0 unspecified atom stereocenters. The number of halogens is 3. The maximum absolute atomic E-state index is 3.19. The average Bonchev–Trinajstić information content (AvgIpc) is 3.29. The van der Waals surface area contributed by atoms with Gasteiger partial charge in [0.25, 0.3) is 0 Å². The summed E-state index contributed by atoms with van der Waals surface area (Å²) in [4.78, 5) is 0. The van der Waals surface area contributed by atoms with Gasteiger partial charge >= 0.3 is 314 Å².